The van der Waals surface area contributed by atoms with Crippen LogP contribution in [0.4, 0.5) is 11.4 Å². The van der Waals surface area contributed by atoms with Gasteiger partial charge in [-0.25, -0.2) is 8.42 Å². The maximum atomic E-state index is 12.6. The number of nitrogen functional groups attached to an aromatic ring is 1. The highest BCUT2D eigenvalue weighted by molar-refractivity contribution is 9.11. The Labute approximate surface area is 141 Å². The largest absolute Gasteiger partial charge is 0.398 e. The fourth-order valence-electron chi connectivity index (χ4n) is 1.99. The number of rotatable bonds is 4. The van der Waals surface area contributed by atoms with Crippen molar-refractivity contribution in [1.82, 2.24) is 0 Å². The van der Waals surface area contributed by atoms with Gasteiger partial charge in [0.15, 0.2) is 0 Å². The number of nitrogens with one attached hydrogen (secondary N) is 1. The van der Waals surface area contributed by atoms with E-state index in [1.165, 1.54) is 0 Å². The summed E-state index contributed by atoms with van der Waals surface area (Å²) >= 11 is 6.53. The van der Waals surface area contributed by atoms with Gasteiger partial charge in [-0.05, 0) is 46.1 Å². The van der Waals surface area contributed by atoms with Gasteiger partial charge >= 0.3 is 0 Å². The summed E-state index contributed by atoms with van der Waals surface area (Å²) in [6.07, 6.45) is 0.732. The molecule has 0 aliphatic carbocycles. The van der Waals surface area contributed by atoms with E-state index in [0.717, 1.165) is 12.0 Å². The second-order valence-corrected chi connectivity index (χ2v) is 7.81. The quantitative estimate of drug-likeness (QED) is 0.711. The van der Waals surface area contributed by atoms with Crippen LogP contribution in [0.3, 0.4) is 0 Å². The molecule has 0 spiro atoms. The van der Waals surface area contributed by atoms with Crippen LogP contribution >= 0.6 is 31.9 Å². The molecule has 0 amide bonds. The molecular weight excluding hydrogens is 420 g/mol. The van der Waals surface area contributed by atoms with E-state index in [0.29, 0.717) is 14.6 Å². The van der Waals surface area contributed by atoms with Crippen molar-refractivity contribution in [3.05, 3.63) is 50.9 Å². The van der Waals surface area contributed by atoms with Crippen LogP contribution in [0.15, 0.2) is 50.2 Å². The first-order valence-corrected chi connectivity index (χ1v) is 9.27. The van der Waals surface area contributed by atoms with E-state index in [1.807, 2.05) is 19.1 Å². The Morgan fingerprint density at radius 2 is 1.86 bits per heavy atom. The molecule has 7 heteroatoms. The second-order valence-electron chi connectivity index (χ2n) is 4.42. The molecule has 0 bridgehead atoms. The molecule has 0 radical (unpaired) electrons. The van der Waals surface area contributed by atoms with Gasteiger partial charge in [0.05, 0.1) is 11.4 Å². The molecule has 2 aromatic carbocycles. The zero-order valence-corrected chi connectivity index (χ0v) is 15.2. The summed E-state index contributed by atoms with van der Waals surface area (Å²) in [6.45, 7) is 1.97. The highest BCUT2D eigenvalue weighted by atomic mass is 79.9. The molecule has 3 N–H and O–H groups in total. The van der Waals surface area contributed by atoms with Gasteiger partial charge < -0.3 is 5.73 Å². The number of anilines is 2. The Hall–Kier alpha value is -1.05. The number of hydrogen-bond donors (Lipinski definition) is 2. The van der Waals surface area contributed by atoms with E-state index < -0.39 is 10.0 Å². The molecule has 112 valence electrons. The van der Waals surface area contributed by atoms with Crippen molar-refractivity contribution < 1.29 is 8.42 Å². The van der Waals surface area contributed by atoms with Crippen molar-refractivity contribution in [3.8, 4) is 0 Å². The number of para-hydroxylation sites is 1. The average Bonchev–Trinajstić information content (AvgIpc) is 2.37. The number of sulfonamides is 1. The summed E-state index contributed by atoms with van der Waals surface area (Å²) < 4.78 is 28.9. The summed E-state index contributed by atoms with van der Waals surface area (Å²) in [4.78, 5) is 0.0385. The highest BCUT2D eigenvalue weighted by Gasteiger charge is 2.22. The highest BCUT2D eigenvalue weighted by Crippen LogP contribution is 2.33. The Balaban J connectivity index is 2.49. The minimum atomic E-state index is -3.77. The van der Waals surface area contributed by atoms with Crippen LogP contribution in [-0.4, -0.2) is 8.42 Å². The third-order valence-electron chi connectivity index (χ3n) is 2.95. The smallest absolute Gasteiger partial charge is 0.265 e. The van der Waals surface area contributed by atoms with E-state index >= 15 is 0 Å². The van der Waals surface area contributed by atoms with Gasteiger partial charge in [-0.3, -0.25) is 4.72 Å². The molecule has 0 unspecified atom stereocenters. The van der Waals surface area contributed by atoms with E-state index in [9.17, 15) is 8.42 Å². The molecule has 4 nitrogen and oxygen atoms in total. The Bertz CT molecular complexity index is 753. The number of nitrogens with two attached hydrogens (primary N) is 1. The van der Waals surface area contributed by atoms with Gasteiger partial charge in [-0.15, -0.1) is 0 Å². The fraction of sp³-hybridized carbons (Fsp3) is 0.143. The normalized spacial score (nSPS) is 11.4. The molecule has 21 heavy (non-hydrogen) atoms. The van der Waals surface area contributed by atoms with Crippen LogP contribution in [0.1, 0.15) is 12.5 Å². The summed E-state index contributed by atoms with van der Waals surface area (Å²) in [5.74, 6) is 0. The van der Waals surface area contributed by atoms with Gasteiger partial charge in [0.25, 0.3) is 10.0 Å². The Kier molecular flexibility index (Phi) is 4.95. The lowest BCUT2D eigenvalue weighted by atomic mass is 10.1. The molecule has 2 aromatic rings. The molecule has 0 heterocycles. The third kappa shape index (κ3) is 3.59. The van der Waals surface area contributed by atoms with Crippen molar-refractivity contribution in [1.29, 1.82) is 0 Å². The molecule has 0 saturated carbocycles. The van der Waals surface area contributed by atoms with Gasteiger partial charge in [-0.1, -0.05) is 41.1 Å². The summed E-state index contributed by atoms with van der Waals surface area (Å²) in [6, 6.07) is 10.5. The summed E-state index contributed by atoms with van der Waals surface area (Å²) in [7, 11) is -3.77. The van der Waals surface area contributed by atoms with Gasteiger partial charge in [-0.2, -0.15) is 0 Å². The van der Waals surface area contributed by atoms with E-state index in [-0.39, 0.29) is 10.6 Å². The second kappa shape index (κ2) is 6.37. The molecular formula is C14H14Br2N2O2S. The third-order valence-corrected chi connectivity index (χ3v) is 5.78. The van der Waals surface area contributed by atoms with E-state index in [4.69, 9.17) is 5.73 Å². The Morgan fingerprint density at radius 3 is 2.48 bits per heavy atom. The molecule has 0 aliphatic rings. The monoisotopic (exact) mass is 432 g/mol. The maximum Gasteiger partial charge on any atom is 0.265 e. The summed E-state index contributed by atoms with van der Waals surface area (Å²) in [5, 5.41) is 0. The zero-order chi connectivity index (χ0) is 15.6. The van der Waals surface area contributed by atoms with Crippen molar-refractivity contribution in [3.63, 3.8) is 0 Å². The molecule has 0 aromatic heterocycles. The predicted molar refractivity (Wildman–Crippen MR) is 92.9 cm³/mol. The molecule has 0 fully saturated rings. The zero-order valence-electron chi connectivity index (χ0n) is 11.2. The van der Waals surface area contributed by atoms with Crippen LogP contribution in [0.25, 0.3) is 0 Å². The standard InChI is InChI=1S/C14H14Br2N2O2S/c1-2-9-5-3-4-6-13(9)18-21(19,20)14-11(16)7-10(15)8-12(14)17/h3-8,18H,2,17H2,1H3. The lowest BCUT2D eigenvalue weighted by Crippen LogP contribution is -2.16. The SMILES string of the molecule is CCc1ccccc1NS(=O)(=O)c1c(N)cc(Br)cc1Br. The topological polar surface area (TPSA) is 72.2 Å². The minimum Gasteiger partial charge on any atom is -0.398 e. The van der Waals surface area contributed by atoms with Crippen LogP contribution in [0.5, 0.6) is 0 Å². The lowest BCUT2D eigenvalue weighted by molar-refractivity contribution is 0.601. The minimum absolute atomic E-state index is 0.0385. The molecule has 0 aliphatic heterocycles. The van der Waals surface area contributed by atoms with Crippen molar-refractivity contribution in [2.75, 3.05) is 10.5 Å². The van der Waals surface area contributed by atoms with Crippen molar-refractivity contribution in [2.45, 2.75) is 18.2 Å². The molecule has 0 saturated heterocycles. The summed E-state index contributed by atoms with van der Waals surface area (Å²) in [5.41, 5.74) is 7.52. The molecule has 0 atom stereocenters. The van der Waals surface area contributed by atoms with Gasteiger partial charge in [0, 0.05) is 8.95 Å². The fourth-order valence-corrected chi connectivity index (χ4v) is 5.16. The van der Waals surface area contributed by atoms with E-state index in [1.54, 1.807) is 24.3 Å². The molecule has 2 rings (SSSR count). The van der Waals surface area contributed by atoms with Crippen LogP contribution < -0.4 is 10.5 Å². The first kappa shape index (κ1) is 16.3. The van der Waals surface area contributed by atoms with Gasteiger partial charge in [0.2, 0.25) is 0 Å². The first-order chi connectivity index (χ1) is 9.85. The number of benzene rings is 2. The Morgan fingerprint density at radius 1 is 1.19 bits per heavy atom. The van der Waals surface area contributed by atoms with E-state index in [2.05, 4.69) is 36.6 Å². The number of hydrogen-bond acceptors (Lipinski definition) is 3. The predicted octanol–water partition coefficient (Wildman–Crippen LogP) is 4.16. The number of aryl methyl sites for hydroxylation is 1. The van der Waals surface area contributed by atoms with Crippen molar-refractivity contribution >= 4 is 53.3 Å². The average molecular weight is 434 g/mol. The van der Waals surface area contributed by atoms with Crippen LogP contribution in [-0.2, 0) is 16.4 Å². The van der Waals surface area contributed by atoms with Gasteiger partial charge in [0.1, 0.15) is 4.90 Å². The lowest BCUT2D eigenvalue weighted by Gasteiger charge is -2.14. The number of halogens is 2. The maximum absolute atomic E-state index is 12.6. The van der Waals surface area contributed by atoms with Crippen molar-refractivity contribution in [2.24, 2.45) is 0 Å². The van der Waals surface area contributed by atoms with Crippen LogP contribution in [0.2, 0.25) is 0 Å². The van der Waals surface area contributed by atoms with Crippen LogP contribution in [0, 0.1) is 0 Å². The first-order valence-electron chi connectivity index (χ1n) is 6.20.